The fraction of sp³-hybridized carbons (Fsp3) is 0.238. The van der Waals surface area contributed by atoms with Crippen molar-refractivity contribution < 1.29 is 9.53 Å². The van der Waals surface area contributed by atoms with Crippen molar-refractivity contribution in [3.05, 3.63) is 60.2 Å². The fourth-order valence-corrected chi connectivity index (χ4v) is 2.97. The molecule has 1 heterocycles. The zero-order valence-corrected chi connectivity index (χ0v) is 14.1. The van der Waals surface area contributed by atoms with E-state index in [1.165, 1.54) is 0 Å². The minimum Gasteiger partial charge on any atom is -0.497 e. The maximum Gasteiger partial charge on any atom is 0.234 e. The molecule has 0 radical (unpaired) electrons. The highest BCUT2D eigenvalue weighted by Crippen LogP contribution is 2.34. The molecule has 25 heavy (non-hydrogen) atoms. The molecule has 2 aromatic carbocycles. The normalized spacial score (nSPS) is 19.5. The molecule has 2 atom stereocenters. The van der Waals surface area contributed by atoms with Crippen LogP contribution in [0.5, 0.6) is 5.75 Å². The number of β-lactam (4-membered cyclic amide) rings is 1. The van der Waals surface area contributed by atoms with Gasteiger partial charge in [0.1, 0.15) is 5.75 Å². The van der Waals surface area contributed by atoms with Crippen LogP contribution in [-0.2, 0) is 11.3 Å². The summed E-state index contributed by atoms with van der Waals surface area (Å²) >= 11 is 0. The summed E-state index contributed by atoms with van der Waals surface area (Å²) in [6, 6.07) is 17.3. The molecule has 0 N–H and O–H groups in total. The Balaban J connectivity index is 1.76. The maximum atomic E-state index is 12.5. The van der Waals surface area contributed by atoms with Crippen LogP contribution >= 0.6 is 0 Å². The molecule has 0 unspecified atom stereocenters. The lowest BCUT2D eigenvalue weighted by Gasteiger charge is -2.44. The van der Waals surface area contributed by atoms with Crippen molar-refractivity contribution in [1.82, 2.24) is 0 Å². The molecule has 2 aromatic rings. The van der Waals surface area contributed by atoms with E-state index in [0.29, 0.717) is 13.0 Å². The summed E-state index contributed by atoms with van der Waals surface area (Å²) in [5, 5.41) is 0. The van der Waals surface area contributed by atoms with E-state index >= 15 is 0 Å². The lowest BCUT2D eigenvalue weighted by molar-refractivity contribution is -0.128. The van der Waals surface area contributed by atoms with Gasteiger partial charge in [-0.2, -0.15) is 0 Å². The number of amides is 1. The topological polar surface area (TPSA) is 41.9 Å². The molecular weight excluding hydrogens is 312 g/mol. The average Bonchev–Trinajstić information content (AvgIpc) is 2.66. The highest BCUT2D eigenvalue weighted by molar-refractivity contribution is 6.09. The summed E-state index contributed by atoms with van der Waals surface area (Å²) in [6.45, 7) is 0.588. The lowest BCUT2D eigenvalue weighted by atomic mass is 9.85. The Labute approximate surface area is 148 Å². The molecule has 0 aliphatic carbocycles. The molecule has 4 nitrogen and oxygen atoms in total. The number of benzene rings is 2. The molecule has 1 amide bonds. The van der Waals surface area contributed by atoms with Crippen LogP contribution in [0.4, 0.5) is 5.69 Å². The van der Waals surface area contributed by atoms with Gasteiger partial charge >= 0.3 is 0 Å². The highest BCUT2D eigenvalue weighted by atomic mass is 16.5. The van der Waals surface area contributed by atoms with Crippen LogP contribution in [0.1, 0.15) is 12.0 Å². The van der Waals surface area contributed by atoms with Crippen molar-refractivity contribution in [2.75, 3.05) is 12.0 Å². The van der Waals surface area contributed by atoms with Crippen LogP contribution in [-0.4, -0.2) is 25.3 Å². The molecule has 3 rings (SSSR count). The van der Waals surface area contributed by atoms with E-state index in [-0.39, 0.29) is 17.9 Å². The van der Waals surface area contributed by atoms with Crippen LogP contribution in [0.25, 0.3) is 0 Å². The van der Waals surface area contributed by atoms with Crippen LogP contribution in [0.2, 0.25) is 0 Å². The van der Waals surface area contributed by atoms with E-state index in [0.717, 1.165) is 17.0 Å². The number of rotatable bonds is 6. The number of anilines is 1. The molecule has 1 aliphatic heterocycles. The second-order valence-electron chi connectivity index (χ2n) is 5.89. The zero-order chi connectivity index (χ0) is 17.6. The molecule has 0 spiro atoms. The number of hydrogen-bond donors (Lipinski definition) is 0. The van der Waals surface area contributed by atoms with Gasteiger partial charge in [-0.05, 0) is 29.8 Å². The van der Waals surface area contributed by atoms with Crippen molar-refractivity contribution in [2.24, 2.45) is 10.9 Å². The molecule has 0 saturated carbocycles. The number of aliphatic imine (C=N–C) groups is 1. The lowest BCUT2D eigenvalue weighted by Crippen LogP contribution is -2.62. The quantitative estimate of drug-likeness (QED) is 0.463. The third-order valence-electron chi connectivity index (χ3n) is 4.33. The molecule has 4 heteroatoms. The summed E-state index contributed by atoms with van der Waals surface area (Å²) in [5.74, 6) is 3.19. The van der Waals surface area contributed by atoms with Crippen molar-refractivity contribution in [2.45, 2.75) is 19.0 Å². The van der Waals surface area contributed by atoms with Gasteiger partial charge in [0.25, 0.3) is 0 Å². The largest absolute Gasteiger partial charge is 0.497 e. The van der Waals surface area contributed by atoms with Gasteiger partial charge in [-0.1, -0.05) is 30.3 Å². The first kappa shape index (κ1) is 16.8. The van der Waals surface area contributed by atoms with Gasteiger partial charge in [0.15, 0.2) is 0 Å². The van der Waals surface area contributed by atoms with Crippen LogP contribution in [0.3, 0.4) is 0 Å². The van der Waals surface area contributed by atoms with Crippen LogP contribution in [0.15, 0.2) is 59.6 Å². The van der Waals surface area contributed by atoms with Gasteiger partial charge < -0.3 is 9.64 Å². The molecule has 0 bridgehead atoms. The molecular formula is C21H20N2O2. The minimum atomic E-state index is -0.202. The maximum absolute atomic E-state index is 12.5. The second kappa shape index (κ2) is 7.67. The predicted octanol–water partition coefficient (Wildman–Crippen LogP) is 3.32. The molecule has 1 fully saturated rings. The van der Waals surface area contributed by atoms with Crippen molar-refractivity contribution in [1.29, 1.82) is 0 Å². The summed E-state index contributed by atoms with van der Waals surface area (Å²) in [4.78, 5) is 18.8. The monoisotopic (exact) mass is 332 g/mol. The average molecular weight is 332 g/mol. The standard InChI is InChI=1S/C21H20N2O2/c1-3-7-19-20(15-22-14-16-8-5-4-6-9-16)23(21(19)24)17-10-12-18(25-2)13-11-17/h1,4-6,8-13,15,19-20H,7,14H2,2H3/t19-,20+/m0/s1. The van der Waals surface area contributed by atoms with E-state index in [1.807, 2.05) is 60.8 Å². The van der Waals surface area contributed by atoms with Gasteiger partial charge in [-0.25, -0.2) is 0 Å². The fourth-order valence-electron chi connectivity index (χ4n) is 2.97. The first-order valence-electron chi connectivity index (χ1n) is 8.19. The third-order valence-corrected chi connectivity index (χ3v) is 4.33. The summed E-state index contributed by atoms with van der Waals surface area (Å²) in [6.07, 6.45) is 7.70. The first-order valence-corrected chi connectivity index (χ1v) is 8.19. The Hall–Kier alpha value is -3.06. The van der Waals surface area contributed by atoms with E-state index < -0.39 is 0 Å². The smallest absolute Gasteiger partial charge is 0.234 e. The third kappa shape index (κ3) is 3.56. The second-order valence-corrected chi connectivity index (χ2v) is 5.89. The Kier molecular flexibility index (Phi) is 5.15. The molecule has 0 aromatic heterocycles. The number of carbonyl (C=O) groups is 1. The number of terminal acetylenes is 1. The molecule has 1 aliphatic rings. The van der Waals surface area contributed by atoms with Crippen LogP contribution in [0, 0.1) is 18.3 Å². The Morgan fingerprint density at radius 1 is 1.20 bits per heavy atom. The van der Waals surface area contributed by atoms with E-state index in [4.69, 9.17) is 11.2 Å². The van der Waals surface area contributed by atoms with E-state index in [2.05, 4.69) is 10.9 Å². The van der Waals surface area contributed by atoms with Gasteiger partial charge in [0.2, 0.25) is 5.91 Å². The number of ether oxygens (including phenoxy) is 1. The summed E-state index contributed by atoms with van der Waals surface area (Å²) < 4.78 is 5.17. The Morgan fingerprint density at radius 2 is 1.92 bits per heavy atom. The van der Waals surface area contributed by atoms with Crippen molar-refractivity contribution in [3.8, 4) is 18.1 Å². The highest BCUT2D eigenvalue weighted by Gasteiger charge is 2.46. The van der Waals surface area contributed by atoms with Crippen LogP contribution < -0.4 is 9.64 Å². The summed E-state index contributed by atoms with van der Waals surface area (Å²) in [7, 11) is 1.62. The number of carbonyl (C=O) groups excluding carboxylic acids is 1. The minimum absolute atomic E-state index is 0.0410. The van der Waals surface area contributed by atoms with Gasteiger partial charge in [0, 0.05) is 18.3 Å². The predicted molar refractivity (Wildman–Crippen MR) is 99.8 cm³/mol. The first-order chi connectivity index (χ1) is 12.2. The Morgan fingerprint density at radius 3 is 2.56 bits per heavy atom. The molecule has 126 valence electrons. The SMILES string of the molecule is C#CC[C@@H]1C(=O)N(c2ccc(OC)cc2)[C@@H]1C=NCc1ccccc1. The van der Waals surface area contributed by atoms with E-state index in [1.54, 1.807) is 12.0 Å². The van der Waals surface area contributed by atoms with Crippen molar-refractivity contribution >= 4 is 17.8 Å². The van der Waals surface area contributed by atoms with Gasteiger partial charge in [-0.3, -0.25) is 9.79 Å². The van der Waals surface area contributed by atoms with Crippen molar-refractivity contribution in [3.63, 3.8) is 0 Å². The number of hydrogen-bond acceptors (Lipinski definition) is 3. The zero-order valence-electron chi connectivity index (χ0n) is 14.1. The van der Waals surface area contributed by atoms with E-state index in [9.17, 15) is 4.79 Å². The summed E-state index contributed by atoms with van der Waals surface area (Å²) in [5.41, 5.74) is 1.96. The Bertz CT molecular complexity index is 791. The number of methoxy groups -OCH3 is 1. The van der Waals surface area contributed by atoms with Gasteiger partial charge in [0.05, 0.1) is 25.6 Å². The van der Waals surface area contributed by atoms with Gasteiger partial charge in [-0.15, -0.1) is 12.3 Å². The number of nitrogens with zero attached hydrogens (tertiary/aromatic N) is 2. The molecule has 1 saturated heterocycles.